The van der Waals surface area contributed by atoms with Crippen molar-refractivity contribution >= 4 is 5.97 Å². The number of benzene rings is 1. The fourth-order valence-electron chi connectivity index (χ4n) is 2.21. The van der Waals surface area contributed by atoms with Crippen molar-refractivity contribution in [2.75, 3.05) is 0 Å². The minimum absolute atomic E-state index is 0.00538. The lowest BCUT2D eigenvalue weighted by Gasteiger charge is -2.21. The highest BCUT2D eigenvalue weighted by Gasteiger charge is 2.20. The number of aromatic hydroxyl groups is 1. The van der Waals surface area contributed by atoms with E-state index < -0.39 is 5.97 Å². The van der Waals surface area contributed by atoms with Crippen molar-refractivity contribution in [2.24, 2.45) is 0 Å². The predicted molar refractivity (Wildman–Crippen MR) is 65.1 cm³/mol. The second-order valence-corrected chi connectivity index (χ2v) is 4.69. The zero-order valence-corrected chi connectivity index (χ0v) is 10.1. The number of phenols is 1. The highest BCUT2D eigenvalue weighted by atomic mass is 16.5. The van der Waals surface area contributed by atoms with Crippen LogP contribution in [-0.4, -0.2) is 17.2 Å². The highest BCUT2D eigenvalue weighted by molar-refractivity contribution is 5.92. The second-order valence-electron chi connectivity index (χ2n) is 4.69. The standard InChI is InChI=1S/C14H18O3/c1-10-7-8-12(13(15)9-10)14(16)17-11-5-3-2-4-6-11/h7-9,11,15H,2-6H2,1H3. The van der Waals surface area contributed by atoms with Gasteiger partial charge in [0.25, 0.3) is 0 Å². The van der Waals surface area contributed by atoms with Crippen LogP contribution in [0.5, 0.6) is 5.75 Å². The molecular formula is C14H18O3. The summed E-state index contributed by atoms with van der Waals surface area (Å²) in [4.78, 5) is 11.9. The van der Waals surface area contributed by atoms with Crippen LogP contribution in [0.15, 0.2) is 18.2 Å². The first-order valence-corrected chi connectivity index (χ1v) is 6.17. The number of hydrogen-bond acceptors (Lipinski definition) is 3. The van der Waals surface area contributed by atoms with Gasteiger partial charge in [0, 0.05) is 0 Å². The molecule has 3 nitrogen and oxygen atoms in total. The summed E-state index contributed by atoms with van der Waals surface area (Å²) in [6.07, 6.45) is 5.38. The first-order chi connectivity index (χ1) is 8.16. The summed E-state index contributed by atoms with van der Waals surface area (Å²) in [6.45, 7) is 1.87. The largest absolute Gasteiger partial charge is 0.507 e. The van der Waals surface area contributed by atoms with Crippen molar-refractivity contribution in [3.05, 3.63) is 29.3 Å². The van der Waals surface area contributed by atoms with Crippen LogP contribution in [0.25, 0.3) is 0 Å². The van der Waals surface area contributed by atoms with Crippen molar-refractivity contribution in [3.63, 3.8) is 0 Å². The Balaban J connectivity index is 2.03. The smallest absolute Gasteiger partial charge is 0.342 e. The Hall–Kier alpha value is -1.51. The number of aryl methyl sites for hydroxylation is 1. The van der Waals surface area contributed by atoms with Gasteiger partial charge < -0.3 is 9.84 Å². The molecule has 1 fully saturated rings. The van der Waals surface area contributed by atoms with Crippen molar-refractivity contribution in [3.8, 4) is 5.75 Å². The number of esters is 1. The Kier molecular flexibility index (Phi) is 3.67. The summed E-state index contributed by atoms with van der Waals surface area (Å²) < 4.78 is 5.40. The van der Waals surface area contributed by atoms with Crippen molar-refractivity contribution in [1.29, 1.82) is 0 Å². The van der Waals surface area contributed by atoms with Crippen LogP contribution in [0.2, 0.25) is 0 Å². The summed E-state index contributed by atoms with van der Waals surface area (Å²) in [5, 5.41) is 9.69. The Morgan fingerprint density at radius 1 is 1.29 bits per heavy atom. The number of carbonyl (C=O) groups is 1. The fraction of sp³-hybridized carbons (Fsp3) is 0.500. The van der Waals surface area contributed by atoms with Crippen molar-refractivity contribution < 1.29 is 14.6 Å². The summed E-state index contributed by atoms with van der Waals surface area (Å²) in [5.74, 6) is -0.403. The minimum atomic E-state index is -0.408. The molecule has 0 atom stereocenters. The molecule has 17 heavy (non-hydrogen) atoms. The van der Waals surface area contributed by atoms with E-state index >= 15 is 0 Å². The van der Waals surface area contributed by atoms with Crippen molar-refractivity contribution in [1.82, 2.24) is 0 Å². The van der Waals surface area contributed by atoms with Crippen molar-refractivity contribution in [2.45, 2.75) is 45.1 Å². The first kappa shape index (κ1) is 12.0. The van der Waals surface area contributed by atoms with E-state index in [1.807, 2.05) is 6.92 Å². The lowest BCUT2D eigenvalue weighted by atomic mass is 9.98. The van der Waals surface area contributed by atoms with E-state index in [4.69, 9.17) is 4.74 Å². The van der Waals surface area contributed by atoms with E-state index in [1.54, 1.807) is 18.2 Å². The number of ether oxygens (including phenoxy) is 1. The number of rotatable bonds is 2. The first-order valence-electron chi connectivity index (χ1n) is 6.17. The molecule has 1 saturated carbocycles. The molecule has 1 N–H and O–H groups in total. The van der Waals surface area contributed by atoms with Gasteiger partial charge in [0.1, 0.15) is 17.4 Å². The van der Waals surface area contributed by atoms with E-state index in [2.05, 4.69) is 0 Å². The molecular weight excluding hydrogens is 216 g/mol. The van der Waals surface area contributed by atoms with Crippen LogP contribution in [0.1, 0.15) is 48.0 Å². The van der Waals surface area contributed by atoms with Gasteiger partial charge in [-0.3, -0.25) is 0 Å². The zero-order valence-electron chi connectivity index (χ0n) is 10.1. The van der Waals surface area contributed by atoms with Gasteiger partial charge >= 0.3 is 5.97 Å². The van der Waals surface area contributed by atoms with Gasteiger partial charge in [-0.1, -0.05) is 12.5 Å². The molecule has 1 aliphatic rings. The third kappa shape index (κ3) is 2.99. The molecule has 3 heteroatoms. The fourth-order valence-corrected chi connectivity index (χ4v) is 2.21. The zero-order chi connectivity index (χ0) is 12.3. The number of phenolic OH excluding ortho intramolecular Hbond substituents is 1. The average Bonchev–Trinajstić information content (AvgIpc) is 2.30. The molecule has 0 aliphatic heterocycles. The summed E-state index contributed by atoms with van der Waals surface area (Å²) in [5.41, 5.74) is 1.19. The summed E-state index contributed by atoms with van der Waals surface area (Å²) >= 11 is 0. The average molecular weight is 234 g/mol. The third-order valence-electron chi connectivity index (χ3n) is 3.20. The molecule has 1 aromatic rings. The lowest BCUT2D eigenvalue weighted by molar-refractivity contribution is 0.0208. The predicted octanol–water partition coefficient (Wildman–Crippen LogP) is 3.19. The molecule has 92 valence electrons. The number of hydrogen-bond donors (Lipinski definition) is 1. The molecule has 0 bridgehead atoms. The third-order valence-corrected chi connectivity index (χ3v) is 3.20. The van der Waals surface area contributed by atoms with Gasteiger partial charge in [0.05, 0.1) is 0 Å². The quantitative estimate of drug-likeness (QED) is 0.799. The maximum Gasteiger partial charge on any atom is 0.342 e. The number of carbonyl (C=O) groups excluding carboxylic acids is 1. The molecule has 0 aromatic heterocycles. The van der Waals surface area contributed by atoms with Crippen LogP contribution in [0, 0.1) is 6.92 Å². The van der Waals surface area contributed by atoms with E-state index in [1.165, 1.54) is 6.42 Å². The summed E-state index contributed by atoms with van der Waals surface area (Å²) in [6, 6.07) is 5.00. The highest BCUT2D eigenvalue weighted by Crippen LogP contribution is 2.24. The van der Waals surface area contributed by atoms with Crippen LogP contribution < -0.4 is 0 Å². The van der Waals surface area contributed by atoms with Gasteiger partial charge in [-0.25, -0.2) is 4.79 Å². The Bertz CT molecular complexity index is 406. The topological polar surface area (TPSA) is 46.5 Å². The van der Waals surface area contributed by atoms with E-state index in [0.29, 0.717) is 0 Å². The van der Waals surface area contributed by atoms with Crippen LogP contribution >= 0.6 is 0 Å². The Labute approximate surface area is 101 Å². The van der Waals surface area contributed by atoms with E-state index in [9.17, 15) is 9.90 Å². The van der Waals surface area contributed by atoms with Gasteiger partial charge in [0.15, 0.2) is 0 Å². The van der Waals surface area contributed by atoms with E-state index in [-0.39, 0.29) is 17.4 Å². The normalized spacial score (nSPS) is 16.8. The Morgan fingerprint density at radius 3 is 2.65 bits per heavy atom. The molecule has 1 aliphatic carbocycles. The summed E-state index contributed by atoms with van der Waals surface area (Å²) in [7, 11) is 0. The lowest BCUT2D eigenvalue weighted by Crippen LogP contribution is -2.20. The Morgan fingerprint density at radius 2 is 2.00 bits per heavy atom. The molecule has 0 amide bonds. The molecule has 0 radical (unpaired) electrons. The molecule has 1 aromatic carbocycles. The molecule has 0 spiro atoms. The minimum Gasteiger partial charge on any atom is -0.507 e. The molecule has 0 unspecified atom stereocenters. The molecule has 0 heterocycles. The van der Waals surface area contributed by atoms with Crippen LogP contribution in [0.4, 0.5) is 0 Å². The monoisotopic (exact) mass is 234 g/mol. The second kappa shape index (κ2) is 5.21. The van der Waals surface area contributed by atoms with Gasteiger partial charge in [0.2, 0.25) is 0 Å². The maximum absolute atomic E-state index is 11.9. The van der Waals surface area contributed by atoms with Gasteiger partial charge in [-0.15, -0.1) is 0 Å². The maximum atomic E-state index is 11.9. The van der Waals surface area contributed by atoms with E-state index in [0.717, 1.165) is 31.2 Å². The van der Waals surface area contributed by atoms with Crippen LogP contribution in [0.3, 0.4) is 0 Å². The molecule has 0 saturated heterocycles. The van der Waals surface area contributed by atoms with Gasteiger partial charge in [-0.05, 0) is 50.3 Å². The van der Waals surface area contributed by atoms with Gasteiger partial charge in [-0.2, -0.15) is 0 Å². The molecule has 2 rings (SSSR count). The SMILES string of the molecule is Cc1ccc(C(=O)OC2CCCCC2)c(O)c1. The van der Waals surface area contributed by atoms with Crippen LogP contribution in [-0.2, 0) is 4.74 Å².